The third-order valence-corrected chi connectivity index (χ3v) is 4.02. The second-order valence-corrected chi connectivity index (χ2v) is 6.10. The molecule has 2 aromatic carbocycles. The second kappa shape index (κ2) is 9.30. The SMILES string of the molecule is Cc1ccccc1OCCN(C)CCC(=O)Nc1ccccc1Cl. The molecule has 1 N–H and O–H groups in total. The first-order chi connectivity index (χ1) is 11.6. The van der Waals surface area contributed by atoms with E-state index in [-0.39, 0.29) is 5.91 Å². The Morgan fingerprint density at radius 1 is 1.12 bits per heavy atom. The lowest BCUT2D eigenvalue weighted by molar-refractivity contribution is -0.116. The van der Waals surface area contributed by atoms with Crippen LogP contribution in [-0.4, -0.2) is 37.6 Å². The van der Waals surface area contributed by atoms with Gasteiger partial charge in [-0.3, -0.25) is 4.79 Å². The normalized spacial score (nSPS) is 10.7. The molecule has 0 atom stereocenters. The lowest BCUT2D eigenvalue weighted by Gasteiger charge is -2.17. The first-order valence-corrected chi connectivity index (χ1v) is 8.35. The molecule has 0 fully saturated rings. The first kappa shape index (κ1) is 18.3. The van der Waals surface area contributed by atoms with E-state index in [4.69, 9.17) is 16.3 Å². The molecule has 0 aliphatic heterocycles. The Balaban J connectivity index is 1.67. The number of para-hydroxylation sites is 2. The molecule has 0 spiro atoms. The van der Waals surface area contributed by atoms with Crippen LogP contribution in [0, 0.1) is 6.92 Å². The van der Waals surface area contributed by atoms with Gasteiger partial charge in [-0.2, -0.15) is 0 Å². The average molecular weight is 347 g/mol. The molecule has 0 saturated heterocycles. The highest BCUT2D eigenvalue weighted by molar-refractivity contribution is 6.33. The molecule has 1 amide bonds. The van der Waals surface area contributed by atoms with Crippen molar-refractivity contribution in [1.82, 2.24) is 4.90 Å². The maximum absolute atomic E-state index is 12.0. The van der Waals surface area contributed by atoms with Crippen molar-refractivity contribution in [3.05, 3.63) is 59.1 Å². The minimum absolute atomic E-state index is 0.0465. The number of benzene rings is 2. The van der Waals surface area contributed by atoms with E-state index >= 15 is 0 Å². The van der Waals surface area contributed by atoms with E-state index in [1.54, 1.807) is 12.1 Å². The van der Waals surface area contributed by atoms with Crippen molar-refractivity contribution >= 4 is 23.2 Å². The minimum atomic E-state index is -0.0465. The molecule has 2 aromatic rings. The molecule has 0 saturated carbocycles. The van der Waals surface area contributed by atoms with E-state index in [2.05, 4.69) is 10.2 Å². The Kier molecular flexibility index (Phi) is 7.09. The van der Waals surface area contributed by atoms with Crippen LogP contribution in [0.25, 0.3) is 0 Å². The van der Waals surface area contributed by atoms with Crippen LogP contribution in [-0.2, 0) is 4.79 Å². The molecule has 0 heterocycles. The summed E-state index contributed by atoms with van der Waals surface area (Å²) in [6, 6.07) is 15.2. The zero-order valence-electron chi connectivity index (χ0n) is 14.1. The maximum atomic E-state index is 12.0. The highest BCUT2D eigenvalue weighted by atomic mass is 35.5. The Morgan fingerprint density at radius 3 is 2.58 bits per heavy atom. The van der Waals surface area contributed by atoms with Gasteiger partial charge in [0.1, 0.15) is 12.4 Å². The number of halogens is 1. The molecule has 0 bridgehead atoms. The zero-order valence-corrected chi connectivity index (χ0v) is 14.8. The van der Waals surface area contributed by atoms with E-state index in [1.807, 2.05) is 50.4 Å². The monoisotopic (exact) mass is 346 g/mol. The summed E-state index contributed by atoms with van der Waals surface area (Å²) in [6.45, 7) is 4.03. The number of hydrogen-bond donors (Lipinski definition) is 1. The van der Waals surface area contributed by atoms with Gasteiger partial charge in [-0.25, -0.2) is 0 Å². The molecule has 128 valence electrons. The summed E-state index contributed by atoms with van der Waals surface area (Å²) in [6.07, 6.45) is 0.409. The molecule has 0 unspecified atom stereocenters. The van der Waals surface area contributed by atoms with Crippen molar-refractivity contribution in [3.8, 4) is 5.75 Å². The number of aryl methyl sites for hydroxylation is 1. The van der Waals surface area contributed by atoms with Crippen LogP contribution in [0.1, 0.15) is 12.0 Å². The van der Waals surface area contributed by atoms with E-state index in [9.17, 15) is 4.79 Å². The number of carbonyl (C=O) groups excluding carboxylic acids is 1. The zero-order chi connectivity index (χ0) is 17.4. The van der Waals surface area contributed by atoms with Crippen molar-refractivity contribution in [3.63, 3.8) is 0 Å². The third kappa shape index (κ3) is 5.87. The summed E-state index contributed by atoms with van der Waals surface area (Å²) in [5, 5.41) is 3.37. The summed E-state index contributed by atoms with van der Waals surface area (Å²) in [4.78, 5) is 14.1. The van der Waals surface area contributed by atoms with Gasteiger partial charge in [0.2, 0.25) is 5.91 Å². The topological polar surface area (TPSA) is 41.6 Å². The van der Waals surface area contributed by atoms with Gasteiger partial charge in [-0.05, 0) is 37.7 Å². The maximum Gasteiger partial charge on any atom is 0.225 e. The number of rotatable bonds is 8. The molecule has 4 nitrogen and oxygen atoms in total. The summed E-state index contributed by atoms with van der Waals surface area (Å²) < 4.78 is 5.77. The highest BCUT2D eigenvalue weighted by Crippen LogP contribution is 2.20. The number of anilines is 1. The smallest absolute Gasteiger partial charge is 0.225 e. The molecule has 24 heavy (non-hydrogen) atoms. The first-order valence-electron chi connectivity index (χ1n) is 7.97. The fourth-order valence-electron chi connectivity index (χ4n) is 2.21. The third-order valence-electron chi connectivity index (χ3n) is 3.69. The largest absolute Gasteiger partial charge is 0.492 e. The fraction of sp³-hybridized carbons (Fsp3) is 0.316. The lowest BCUT2D eigenvalue weighted by Crippen LogP contribution is -2.28. The van der Waals surface area contributed by atoms with E-state index in [0.717, 1.165) is 17.9 Å². The molecule has 0 aliphatic rings. The quantitative estimate of drug-likeness (QED) is 0.785. The van der Waals surface area contributed by atoms with Crippen molar-refractivity contribution in [1.29, 1.82) is 0 Å². The lowest BCUT2D eigenvalue weighted by atomic mass is 10.2. The number of carbonyl (C=O) groups is 1. The van der Waals surface area contributed by atoms with Crippen LogP contribution in [0.5, 0.6) is 5.75 Å². The van der Waals surface area contributed by atoms with Gasteiger partial charge in [0, 0.05) is 19.5 Å². The highest BCUT2D eigenvalue weighted by Gasteiger charge is 2.07. The molecule has 5 heteroatoms. The van der Waals surface area contributed by atoms with Crippen LogP contribution < -0.4 is 10.1 Å². The van der Waals surface area contributed by atoms with Crippen molar-refractivity contribution in [2.45, 2.75) is 13.3 Å². The Bertz CT molecular complexity index is 676. The minimum Gasteiger partial charge on any atom is -0.492 e. The number of hydrogen-bond acceptors (Lipinski definition) is 3. The van der Waals surface area contributed by atoms with Gasteiger partial charge >= 0.3 is 0 Å². The summed E-state index contributed by atoms with van der Waals surface area (Å²) in [5.41, 5.74) is 1.77. The van der Waals surface area contributed by atoms with E-state index in [1.165, 1.54) is 0 Å². The number of likely N-dealkylation sites (N-methyl/N-ethyl adjacent to an activating group) is 1. The van der Waals surface area contributed by atoms with Gasteiger partial charge in [-0.1, -0.05) is 41.9 Å². The molecule has 0 aliphatic carbocycles. The number of nitrogens with one attached hydrogen (secondary N) is 1. The summed E-state index contributed by atoms with van der Waals surface area (Å²) >= 11 is 6.03. The van der Waals surface area contributed by atoms with Crippen LogP contribution in [0.3, 0.4) is 0 Å². The Labute approximate surface area is 148 Å². The van der Waals surface area contributed by atoms with Gasteiger partial charge in [0.05, 0.1) is 10.7 Å². The fourth-order valence-corrected chi connectivity index (χ4v) is 2.39. The summed E-state index contributed by atoms with van der Waals surface area (Å²) in [5.74, 6) is 0.858. The molecular formula is C19H23ClN2O2. The standard InChI is InChI=1S/C19H23ClN2O2/c1-15-7-3-6-10-18(15)24-14-13-22(2)12-11-19(23)21-17-9-5-4-8-16(17)20/h3-10H,11-14H2,1-2H3,(H,21,23). The number of ether oxygens (including phenoxy) is 1. The second-order valence-electron chi connectivity index (χ2n) is 5.70. The van der Waals surface area contributed by atoms with Gasteiger partial charge in [-0.15, -0.1) is 0 Å². The van der Waals surface area contributed by atoms with E-state index < -0.39 is 0 Å². The Hall–Kier alpha value is -2.04. The van der Waals surface area contributed by atoms with Gasteiger partial charge < -0.3 is 15.0 Å². The van der Waals surface area contributed by atoms with Crippen LogP contribution in [0.4, 0.5) is 5.69 Å². The van der Waals surface area contributed by atoms with Gasteiger partial charge in [0.25, 0.3) is 0 Å². The summed E-state index contributed by atoms with van der Waals surface area (Å²) in [7, 11) is 1.98. The van der Waals surface area contributed by atoms with Crippen molar-refractivity contribution in [2.24, 2.45) is 0 Å². The van der Waals surface area contributed by atoms with Crippen molar-refractivity contribution in [2.75, 3.05) is 32.1 Å². The number of nitrogens with zero attached hydrogens (tertiary/aromatic N) is 1. The van der Waals surface area contributed by atoms with E-state index in [0.29, 0.717) is 30.3 Å². The predicted octanol–water partition coefficient (Wildman–Crippen LogP) is 3.99. The van der Waals surface area contributed by atoms with Gasteiger partial charge in [0.15, 0.2) is 0 Å². The van der Waals surface area contributed by atoms with Crippen LogP contribution >= 0.6 is 11.6 Å². The molecule has 0 aromatic heterocycles. The van der Waals surface area contributed by atoms with Crippen LogP contribution in [0.15, 0.2) is 48.5 Å². The molecule has 0 radical (unpaired) electrons. The van der Waals surface area contributed by atoms with Crippen LogP contribution in [0.2, 0.25) is 5.02 Å². The molecule has 2 rings (SSSR count). The predicted molar refractivity (Wildman–Crippen MR) is 98.9 cm³/mol. The Morgan fingerprint density at radius 2 is 1.83 bits per heavy atom. The number of amides is 1. The average Bonchev–Trinajstić information content (AvgIpc) is 2.57. The molecular weight excluding hydrogens is 324 g/mol. The van der Waals surface area contributed by atoms with Crippen molar-refractivity contribution < 1.29 is 9.53 Å².